The van der Waals surface area contributed by atoms with E-state index >= 15 is 0 Å². The van der Waals surface area contributed by atoms with Crippen LogP contribution in [0.25, 0.3) is 0 Å². The van der Waals surface area contributed by atoms with Gasteiger partial charge in [0, 0.05) is 13.1 Å². The number of ether oxygens (including phenoxy) is 1. The summed E-state index contributed by atoms with van der Waals surface area (Å²) in [7, 11) is 1.46. The molecule has 0 aromatic carbocycles. The molecular formula is C12H22N2O2S. The van der Waals surface area contributed by atoms with E-state index in [0.717, 1.165) is 32.4 Å². The van der Waals surface area contributed by atoms with Crippen molar-refractivity contribution in [3.8, 4) is 0 Å². The molecule has 0 amide bonds. The van der Waals surface area contributed by atoms with E-state index in [9.17, 15) is 4.79 Å². The van der Waals surface area contributed by atoms with Gasteiger partial charge in [-0.25, -0.2) is 0 Å². The Bertz CT molecular complexity index is 271. The molecule has 2 unspecified atom stereocenters. The van der Waals surface area contributed by atoms with Crippen LogP contribution in [0.5, 0.6) is 0 Å². The SMILES string of the molecule is CCNC(=S)NCC1CCCCC1C(=O)OC. The minimum absolute atomic E-state index is 0.0330. The summed E-state index contributed by atoms with van der Waals surface area (Å²) < 4.78 is 4.86. The van der Waals surface area contributed by atoms with Gasteiger partial charge in [0.05, 0.1) is 13.0 Å². The molecule has 1 saturated carbocycles. The molecule has 1 aliphatic rings. The number of rotatable bonds is 4. The fraction of sp³-hybridized carbons (Fsp3) is 0.833. The molecule has 5 heteroatoms. The number of hydrogen-bond donors (Lipinski definition) is 2. The van der Waals surface area contributed by atoms with E-state index < -0.39 is 0 Å². The van der Waals surface area contributed by atoms with Crippen molar-refractivity contribution < 1.29 is 9.53 Å². The Labute approximate surface area is 108 Å². The average molecular weight is 258 g/mol. The van der Waals surface area contributed by atoms with Crippen LogP contribution in [0.15, 0.2) is 0 Å². The van der Waals surface area contributed by atoms with Crippen molar-refractivity contribution in [2.75, 3.05) is 20.2 Å². The van der Waals surface area contributed by atoms with E-state index in [0.29, 0.717) is 11.0 Å². The van der Waals surface area contributed by atoms with Gasteiger partial charge in [-0.3, -0.25) is 4.79 Å². The van der Waals surface area contributed by atoms with Crippen LogP contribution < -0.4 is 10.6 Å². The third-order valence-electron chi connectivity index (χ3n) is 3.28. The Balaban J connectivity index is 2.42. The summed E-state index contributed by atoms with van der Waals surface area (Å²) in [6, 6.07) is 0. The first-order valence-electron chi connectivity index (χ1n) is 6.28. The van der Waals surface area contributed by atoms with Crippen LogP contribution in [-0.2, 0) is 9.53 Å². The summed E-state index contributed by atoms with van der Waals surface area (Å²) in [6.45, 7) is 3.58. The zero-order valence-electron chi connectivity index (χ0n) is 10.6. The molecule has 0 radical (unpaired) electrons. The summed E-state index contributed by atoms with van der Waals surface area (Å²) in [5, 5.41) is 6.89. The molecule has 2 N–H and O–H groups in total. The van der Waals surface area contributed by atoms with Gasteiger partial charge in [0.15, 0.2) is 5.11 Å². The second-order valence-corrected chi connectivity index (χ2v) is 4.82. The fourth-order valence-corrected chi connectivity index (χ4v) is 2.59. The Morgan fingerprint density at radius 2 is 2.06 bits per heavy atom. The van der Waals surface area contributed by atoms with Crippen molar-refractivity contribution in [2.45, 2.75) is 32.6 Å². The van der Waals surface area contributed by atoms with E-state index in [-0.39, 0.29) is 11.9 Å². The standard InChI is InChI=1S/C12H22N2O2S/c1-3-13-12(17)14-8-9-6-4-5-7-10(9)11(15)16-2/h9-10H,3-8H2,1-2H3,(H2,13,14,17). The zero-order valence-corrected chi connectivity index (χ0v) is 11.4. The van der Waals surface area contributed by atoms with Crippen molar-refractivity contribution >= 4 is 23.3 Å². The number of nitrogens with one attached hydrogen (secondary N) is 2. The van der Waals surface area contributed by atoms with Gasteiger partial charge in [0.2, 0.25) is 0 Å². The minimum atomic E-state index is -0.0779. The molecule has 1 aliphatic carbocycles. The summed E-state index contributed by atoms with van der Waals surface area (Å²) in [5.74, 6) is 0.296. The Morgan fingerprint density at radius 1 is 1.35 bits per heavy atom. The van der Waals surface area contributed by atoms with Crippen LogP contribution in [0.3, 0.4) is 0 Å². The number of carbonyl (C=O) groups is 1. The van der Waals surface area contributed by atoms with Gasteiger partial charge in [-0.15, -0.1) is 0 Å². The molecule has 98 valence electrons. The molecule has 0 aromatic rings. The highest BCUT2D eigenvalue weighted by Crippen LogP contribution is 2.30. The van der Waals surface area contributed by atoms with Crippen LogP contribution >= 0.6 is 12.2 Å². The minimum Gasteiger partial charge on any atom is -0.469 e. The van der Waals surface area contributed by atoms with Gasteiger partial charge in [-0.1, -0.05) is 12.8 Å². The first kappa shape index (κ1) is 14.2. The third kappa shape index (κ3) is 4.50. The van der Waals surface area contributed by atoms with Crippen LogP contribution in [0.4, 0.5) is 0 Å². The predicted molar refractivity (Wildman–Crippen MR) is 71.7 cm³/mol. The maximum atomic E-state index is 11.6. The van der Waals surface area contributed by atoms with E-state index in [1.54, 1.807) is 0 Å². The highest BCUT2D eigenvalue weighted by molar-refractivity contribution is 7.80. The van der Waals surface area contributed by atoms with E-state index in [1.165, 1.54) is 13.5 Å². The van der Waals surface area contributed by atoms with Gasteiger partial charge in [0.1, 0.15) is 0 Å². The van der Waals surface area contributed by atoms with Gasteiger partial charge < -0.3 is 15.4 Å². The fourth-order valence-electron chi connectivity index (χ4n) is 2.36. The summed E-state index contributed by atoms with van der Waals surface area (Å²) in [5.41, 5.74) is 0. The van der Waals surface area contributed by atoms with Crippen LogP contribution in [-0.4, -0.2) is 31.3 Å². The van der Waals surface area contributed by atoms with Crippen molar-refractivity contribution in [1.29, 1.82) is 0 Å². The first-order chi connectivity index (χ1) is 8.19. The molecule has 1 fully saturated rings. The van der Waals surface area contributed by atoms with Gasteiger partial charge in [0.25, 0.3) is 0 Å². The Morgan fingerprint density at radius 3 is 2.71 bits per heavy atom. The lowest BCUT2D eigenvalue weighted by molar-refractivity contribution is -0.148. The lowest BCUT2D eigenvalue weighted by Crippen LogP contribution is -2.41. The Hall–Kier alpha value is -0.840. The third-order valence-corrected chi connectivity index (χ3v) is 3.56. The number of thiocarbonyl (C=S) groups is 1. The molecule has 0 spiro atoms. The molecule has 4 nitrogen and oxygen atoms in total. The average Bonchev–Trinajstić information content (AvgIpc) is 2.36. The molecule has 0 bridgehead atoms. The maximum absolute atomic E-state index is 11.6. The smallest absolute Gasteiger partial charge is 0.309 e. The molecule has 0 aliphatic heterocycles. The van der Waals surface area contributed by atoms with Gasteiger partial charge in [-0.05, 0) is 37.9 Å². The first-order valence-corrected chi connectivity index (χ1v) is 6.69. The quantitative estimate of drug-likeness (QED) is 0.590. The molecule has 17 heavy (non-hydrogen) atoms. The van der Waals surface area contributed by atoms with Crippen LogP contribution in [0, 0.1) is 11.8 Å². The summed E-state index contributed by atoms with van der Waals surface area (Å²) >= 11 is 5.12. The monoisotopic (exact) mass is 258 g/mol. The van der Waals surface area contributed by atoms with Gasteiger partial charge in [-0.2, -0.15) is 0 Å². The Kier molecular flexibility index (Phi) is 6.26. The maximum Gasteiger partial charge on any atom is 0.309 e. The van der Waals surface area contributed by atoms with Crippen molar-refractivity contribution in [1.82, 2.24) is 10.6 Å². The topological polar surface area (TPSA) is 50.4 Å². The van der Waals surface area contributed by atoms with Gasteiger partial charge >= 0.3 is 5.97 Å². The second-order valence-electron chi connectivity index (χ2n) is 4.41. The number of carbonyl (C=O) groups excluding carboxylic acids is 1. The lowest BCUT2D eigenvalue weighted by Gasteiger charge is -2.29. The lowest BCUT2D eigenvalue weighted by atomic mass is 9.79. The van der Waals surface area contributed by atoms with E-state index in [2.05, 4.69) is 10.6 Å². The molecule has 0 heterocycles. The molecule has 0 aromatic heterocycles. The van der Waals surface area contributed by atoms with Crippen LogP contribution in [0.2, 0.25) is 0 Å². The number of esters is 1. The molecular weight excluding hydrogens is 236 g/mol. The number of methoxy groups -OCH3 is 1. The van der Waals surface area contributed by atoms with Crippen molar-refractivity contribution in [3.63, 3.8) is 0 Å². The summed E-state index contributed by atoms with van der Waals surface area (Å²) in [4.78, 5) is 11.6. The summed E-state index contributed by atoms with van der Waals surface area (Å²) in [6.07, 6.45) is 4.32. The van der Waals surface area contributed by atoms with Crippen molar-refractivity contribution in [2.24, 2.45) is 11.8 Å². The predicted octanol–water partition coefficient (Wildman–Crippen LogP) is 1.45. The largest absolute Gasteiger partial charge is 0.469 e. The second kappa shape index (κ2) is 7.48. The van der Waals surface area contributed by atoms with Crippen LogP contribution in [0.1, 0.15) is 32.6 Å². The normalized spacial score (nSPS) is 23.9. The molecule has 0 saturated heterocycles. The van der Waals surface area contributed by atoms with E-state index in [4.69, 9.17) is 17.0 Å². The highest BCUT2D eigenvalue weighted by Gasteiger charge is 2.31. The molecule has 1 rings (SSSR count). The van der Waals surface area contributed by atoms with Crippen molar-refractivity contribution in [3.05, 3.63) is 0 Å². The molecule has 2 atom stereocenters. The number of hydrogen-bond acceptors (Lipinski definition) is 3. The zero-order chi connectivity index (χ0) is 12.7. The van der Waals surface area contributed by atoms with E-state index in [1.807, 2.05) is 6.92 Å². The highest BCUT2D eigenvalue weighted by atomic mass is 32.1.